The molecule has 0 spiro atoms. The number of amides is 1. The number of benzene rings is 2. The Labute approximate surface area is 178 Å². The van der Waals surface area contributed by atoms with E-state index in [-0.39, 0.29) is 18.1 Å². The van der Waals surface area contributed by atoms with E-state index in [1.807, 2.05) is 68.1 Å². The van der Waals surface area contributed by atoms with Crippen LogP contribution in [0, 0.1) is 5.92 Å². The molecule has 0 saturated carbocycles. The van der Waals surface area contributed by atoms with Crippen molar-refractivity contribution < 1.29 is 14.3 Å². The Kier molecular flexibility index (Phi) is 5.42. The lowest BCUT2D eigenvalue weighted by Gasteiger charge is -2.34. The zero-order chi connectivity index (χ0) is 21.3. The first-order valence-electron chi connectivity index (χ1n) is 10.6. The molecule has 0 aromatic heterocycles. The summed E-state index contributed by atoms with van der Waals surface area (Å²) in [4.78, 5) is 15.2. The molecule has 1 aliphatic carbocycles. The summed E-state index contributed by atoms with van der Waals surface area (Å²) < 4.78 is 11.9. The van der Waals surface area contributed by atoms with E-state index in [2.05, 4.69) is 31.2 Å². The molecule has 0 radical (unpaired) electrons. The van der Waals surface area contributed by atoms with Crippen LogP contribution in [-0.2, 0) is 4.74 Å². The van der Waals surface area contributed by atoms with Crippen molar-refractivity contribution in [1.82, 2.24) is 4.90 Å². The Balaban J connectivity index is 1.74. The number of ether oxygens (including phenoxy) is 2. The van der Waals surface area contributed by atoms with Crippen molar-refractivity contribution in [3.63, 3.8) is 0 Å². The molecule has 156 valence electrons. The zero-order valence-electron chi connectivity index (χ0n) is 18.1. The van der Waals surface area contributed by atoms with Crippen LogP contribution in [-0.4, -0.2) is 23.2 Å². The van der Waals surface area contributed by atoms with Gasteiger partial charge in [0.1, 0.15) is 18.0 Å². The number of para-hydroxylation sites is 1. The highest BCUT2D eigenvalue weighted by Crippen LogP contribution is 2.49. The average Bonchev–Trinajstić information content (AvgIpc) is 3.05. The number of hydrogen-bond acceptors (Lipinski definition) is 3. The first-order chi connectivity index (χ1) is 14.4. The second-order valence-corrected chi connectivity index (χ2v) is 8.74. The van der Waals surface area contributed by atoms with Gasteiger partial charge in [0, 0.05) is 5.92 Å². The van der Waals surface area contributed by atoms with Crippen molar-refractivity contribution in [2.75, 3.05) is 6.61 Å². The number of carbonyl (C=O) groups is 1. The molecule has 30 heavy (non-hydrogen) atoms. The normalized spacial score (nSPS) is 20.1. The van der Waals surface area contributed by atoms with E-state index in [1.165, 1.54) is 5.57 Å². The Morgan fingerprint density at radius 3 is 2.43 bits per heavy atom. The van der Waals surface area contributed by atoms with Gasteiger partial charge in [-0.25, -0.2) is 4.79 Å². The number of nitrogens with zero attached hydrogens (tertiary/aromatic N) is 1. The summed E-state index contributed by atoms with van der Waals surface area (Å²) >= 11 is 0. The molecule has 1 amide bonds. The molecule has 4 nitrogen and oxygen atoms in total. The highest BCUT2D eigenvalue weighted by molar-refractivity contribution is 5.75. The van der Waals surface area contributed by atoms with Gasteiger partial charge in [0.2, 0.25) is 0 Å². The van der Waals surface area contributed by atoms with Gasteiger partial charge in [-0.3, -0.25) is 4.90 Å². The van der Waals surface area contributed by atoms with Gasteiger partial charge >= 0.3 is 6.09 Å². The molecular formula is C26H29NO3. The molecular weight excluding hydrogens is 374 g/mol. The van der Waals surface area contributed by atoms with Crippen LogP contribution >= 0.6 is 0 Å². The minimum atomic E-state index is -0.572. The van der Waals surface area contributed by atoms with E-state index in [0.29, 0.717) is 6.61 Å². The Hall–Kier alpha value is -3.01. The molecule has 1 heterocycles. The third kappa shape index (κ3) is 3.87. The van der Waals surface area contributed by atoms with Crippen LogP contribution in [0.5, 0.6) is 5.75 Å². The molecule has 0 bridgehead atoms. The highest BCUT2D eigenvalue weighted by Gasteiger charge is 2.46. The minimum Gasteiger partial charge on any atom is -0.487 e. The molecule has 0 N–H and O–H groups in total. The summed E-state index contributed by atoms with van der Waals surface area (Å²) in [6.45, 7) is 8.17. The van der Waals surface area contributed by atoms with Gasteiger partial charge < -0.3 is 9.47 Å². The summed E-state index contributed by atoms with van der Waals surface area (Å²) in [6, 6.07) is 17.9. The van der Waals surface area contributed by atoms with E-state index in [4.69, 9.17) is 9.47 Å². The molecule has 2 aliphatic rings. The van der Waals surface area contributed by atoms with Crippen molar-refractivity contribution in [2.45, 2.75) is 45.8 Å². The molecule has 4 heteroatoms. The first kappa shape index (κ1) is 20.3. The predicted molar refractivity (Wildman–Crippen MR) is 119 cm³/mol. The van der Waals surface area contributed by atoms with E-state index >= 15 is 0 Å². The highest BCUT2D eigenvalue weighted by atomic mass is 16.6. The summed E-state index contributed by atoms with van der Waals surface area (Å²) in [5.41, 5.74) is 3.86. The van der Waals surface area contributed by atoms with Gasteiger partial charge in [-0.15, -0.1) is 0 Å². The van der Waals surface area contributed by atoms with Crippen molar-refractivity contribution >= 4 is 12.2 Å². The van der Waals surface area contributed by atoms with E-state index < -0.39 is 5.60 Å². The van der Waals surface area contributed by atoms with Gasteiger partial charge in [0.15, 0.2) is 0 Å². The van der Waals surface area contributed by atoms with Crippen LogP contribution in [0.15, 0.2) is 71.9 Å². The third-order valence-corrected chi connectivity index (χ3v) is 5.57. The molecule has 2 atom stereocenters. The first-order valence-corrected chi connectivity index (χ1v) is 10.6. The van der Waals surface area contributed by atoms with E-state index in [9.17, 15) is 4.79 Å². The summed E-state index contributed by atoms with van der Waals surface area (Å²) in [6.07, 6.45) is 4.91. The number of fused-ring (bicyclic) bond motifs is 3. The predicted octanol–water partition coefficient (Wildman–Crippen LogP) is 6.36. The second kappa shape index (κ2) is 8.02. The molecule has 2 aromatic carbocycles. The topological polar surface area (TPSA) is 38.8 Å². The second-order valence-electron chi connectivity index (χ2n) is 8.74. The zero-order valence-corrected chi connectivity index (χ0v) is 18.1. The third-order valence-electron chi connectivity index (χ3n) is 5.57. The van der Waals surface area contributed by atoms with Gasteiger partial charge in [-0.2, -0.15) is 0 Å². The van der Waals surface area contributed by atoms with E-state index in [1.54, 1.807) is 0 Å². The smallest absolute Gasteiger partial charge is 0.415 e. The summed E-state index contributed by atoms with van der Waals surface area (Å²) in [5, 5.41) is 0. The van der Waals surface area contributed by atoms with Crippen LogP contribution in [0.4, 0.5) is 4.79 Å². The molecule has 0 saturated heterocycles. The van der Waals surface area contributed by atoms with Gasteiger partial charge in [-0.05, 0) is 56.0 Å². The maximum Gasteiger partial charge on any atom is 0.415 e. The number of hydrogen-bond donors (Lipinski definition) is 0. The van der Waals surface area contributed by atoms with Crippen molar-refractivity contribution in [1.29, 1.82) is 0 Å². The minimum absolute atomic E-state index is 0.106. The molecule has 4 rings (SSSR count). The van der Waals surface area contributed by atoms with Crippen molar-refractivity contribution in [3.8, 4) is 5.75 Å². The molecule has 1 aliphatic heterocycles. The number of rotatable bonds is 4. The maximum absolute atomic E-state index is 13.4. The van der Waals surface area contributed by atoms with Crippen LogP contribution in [0.2, 0.25) is 0 Å². The van der Waals surface area contributed by atoms with Crippen molar-refractivity contribution in [3.05, 3.63) is 83.1 Å². The van der Waals surface area contributed by atoms with Gasteiger partial charge in [0.05, 0.1) is 11.7 Å². The molecule has 0 fully saturated rings. The maximum atomic E-state index is 13.4. The molecule has 0 unspecified atom stereocenters. The largest absolute Gasteiger partial charge is 0.487 e. The fraction of sp³-hybridized carbons (Fsp3) is 0.346. The summed E-state index contributed by atoms with van der Waals surface area (Å²) in [7, 11) is 0. The lowest BCUT2D eigenvalue weighted by Crippen LogP contribution is -2.39. The van der Waals surface area contributed by atoms with Gasteiger partial charge in [-0.1, -0.05) is 61.5 Å². The quantitative estimate of drug-likeness (QED) is 0.596. The Morgan fingerprint density at radius 2 is 1.73 bits per heavy atom. The summed E-state index contributed by atoms with van der Waals surface area (Å²) in [5.74, 6) is 0.919. The fourth-order valence-electron chi connectivity index (χ4n) is 4.36. The monoisotopic (exact) mass is 403 g/mol. The lowest BCUT2D eigenvalue weighted by atomic mass is 9.82. The van der Waals surface area contributed by atoms with Crippen LogP contribution in [0.25, 0.3) is 6.08 Å². The Bertz CT molecular complexity index is 985. The van der Waals surface area contributed by atoms with Crippen LogP contribution in [0.1, 0.15) is 51.3 Å². The SMILES string of the molecule is CCC1=C(COc2ccccc2)N(C(=O)OC(C)(C)C)[C@@H]2c3ccccc3C=C[C@H]12. The standard InChI is InChI=1S/C26H29NO3/c1-5-20-22-16-15-18-11-9-10-14-21(18)24(22)27(25(28)30-26(2,3)4)23(20)17-29-19-12-7-6-8-13-19/h6-16,22,24H,5,17H2,1-4H3/t22-,24-/m1/s1. The van der Waals surface area contributed by atoms with Crippen LogP contribution < -0.4 is 4.74 Å². The van der Waals surface area contributed by atoms with E-state index in [0.717, 1.165) is 29.0 Å². The average molecular weight is 404 g/mol. The Morgan fingerprint density at radius 1 is 1.03 bits per heavy atom. The lowest BCUT2D eigenvalue weighted by molar-refractivity contribution is 0.0228. The van der Waals surface area contributed by atoms with Crippen LogP contribution in [0.3, 0.4) is 0 Å². The van der Waals surface area contributed by atoms with Gasteiger partial charge in [0.25, 0.3) is 0 Å². The van der Waals surface area contributed by atoms with Crippen molar-refractivity contribution in [2.24, 2.45) is 5.92 Å². The number of carbonyl (C=O) groups excluding carboxylic acids is 1. The fourth-order valence-corrected chi connectivity index (χ4v) is 4.36. The molecule has 2 aromatic rings.